The van der Waals surface area contributed by atoms with Crippen LogP contribution in [0.15, 0.2) is 30.7 Å². The number of imidazole rings is 1. The Kier molecular flexibility index (Phi) is 5.63. The van der Waals surface area contributed by atoms with Crippen LogP contribution in [0.3, 0.4) is 0 Å². The second-order valence-electron chi connectivity index (χ2n) is 9.80. The van der Waals surface area contributed by atoms with Crippen molar-refractivity contribution in [3.05, 3.63) is 36.3 Å². The van der Waals surface area contributed by atoms with Gasteiger partial charge in [-0.1, -0.05) is 6.07 Å². The van der Waals surface area contributed by atoms with Crippen LogP contribution in [0.5, 0.6) is 5.75 Å². The molecule has 0 N–H and O–H groups in total. The fourth-order valence-corrected chi connectivity index (χ4v) is 5.27. The standard InChI is InChI=1S/C25H33N7O2/c1-17(2)32-25(26-16-27-32)22-15-30-8-11-34-23-5-4-19(12-21(23)24(30)28-22)18(3)31-13-20(14-31)29-6-9-33-10-7-29/h4-5,12,15-18,20H,6-11,13-14H2,1-3H3/t18-/m0/s1. The number of nitrogens with zero attached hydrogens (tertiary/aromatic N) is 7. The summed E-state index contributed by atoms with van der Waals surface area (Å²) in [5, 5.41) is 4.39. The number of ether oxygens (including phenoxy) is 2. The molecule has 0 spiro atoms. The minimum atomic E-state index is 0.222. The van der Waals surface area contributed by atoms with E-state index in [9.17, 15) is 0 Å². The predicted molar refractivity (Wildman–Crippen MR) is 129 cm³/mol. The lowest BCUT2D eigenvalue weighted by Gasteiger charge is -2.49. The summed E-state index contributed by atoms with van der Waals surface area (Å²) in [4.78, 5) is 14.6. The van der Waals surface area contributed by atoms with Gasteiger partial charge >= 0.3 is 0 Å². The molecule has 34 heavy (non-hydrogen) atoms. The van der Waals surface area contributed by atoms with Crippen LogP contribution in [0.25, 0.3) is 22.9 Å². The summed E-state index contributed by atoms with van der Waals surface area (Å²) < 4.78 is 15.7. The van der Waals surface area contributed by atoms with E-state index in [0.717, 1.165) is 74.6 Å². The van der Waals surface area contributed by atoms with Gasteiger partial charge < -0.3 is 14.0 Å². The average Bonchev–Trinajstić information content (AvgIpc) is 3.43. The molecule has 0 bridgehead atoms. The summed E-state index contributed by atoms with van der Waals surface area (Å²) in [5.41, 5.74) is 3.20. The summed E-state index contributed by atoms with van der Waals surface area (Å²) >= 11 is 0. The van der Waals surface area contributed by atoms with Gasteiger partial charge in [-0.3, -0.25) is 9.80 Å². The van der Waals surface area contributed by atoms with Gasteiger partial charge in [0.1, 0.15) is 30.2 Å². The van der Waals surface area contributed by atoms with Crippen LogP contribution in [0, 0.1) is 0 Å². The third kappa shape index (κ3) is 3.81. The number of hydrogen-bond donors (Lipinski definition) is 0. The van der Waals surface area contributed by atoms with Crippen molar-refractivity contribution < 1.29 is 9.47 Å². The molecule has 0 amide bonds. The topological polar surface area (TPSA) is 73.5 Å². The molecule has 1 atom stereocenters. The van der Waals surface area contributed by atoms with Crippen molar-refractivity contribution in [2.45, 2.75) is 45.4 Å². The first-order valence-electron chi connectivity index (χ1n) is 12.4. The van der Waals surface area contributed by atoms with Gasteiger partial charge in [0.05, 0.1) is 25.3 Å². The van der Waals surface area contributed by atoms with Crippen LogP contribution >= 0.6 is 0 Å². The van der Waals surface area contributed by atoms with Crippen molar-refractivity contribution in [3.8, 4) is 28.7 Å². The van der Waals surface area contributed by atoms with Crippen molar-refractivity contribution >= 4 is 0 Å². The zero-order chi connectivity index (χ0) is 23.2. The molecule has 180 valence electrons. The number of benzene rings is 1. The molecule has 2 fully saturated rings. The van der Waals surface area contributed by atoms with E-state index in [1.165, 1.54) is 5.56 Å². The highest BCUT2D eigenvalue weighted by Gasteiger charge is 2.35. The predicted octanol–water partition coefficient (Wildman–Crippen LogP) is 2.86. The monoisotopic (exact) mass is 463 g/mol. The molecule has 1 aromatic carbocycles. The first-order valence-corrected chi connectivity index (χ1v) is 12.4. The van der Waals surface area contributed by atoms with Gasteiger partial charge in [0.2, 0.25) is 0 Å². The molecule has 6 rings (SSSR count). The summed E-state index contributed by atoms with van der Waals surface area (Å²) in [6, 6.07) is 7.80. The number of aromatic nitrogens is 5. The lowest BCUT2D eigenvalue weighted by Crippen LogP contribution is -2.61. The first kappa shape index (κ1) is 21.8. The van der Waals surface area contributed by atoms with Crippen LogP contribution in [-0.2, 0) is 11.3 Å². The maximum atomic E-state index is 6.09. The molecule has 0 saturated carbocycles. The summed E-state index contributed by atoms with van der Waals surface area (Å²) in [6.07, 6.45) is 3.68. The SMILES string of the molecule is CC(C)n1ncnc1-c1cn2c(n1)-c1cc([C@H](C)N3CC(N4CCOCC4)C3)ccc1OCC2. The Balaban J connectivity index is 1.26. The zero-order valence-electron chi connectivity index (χ0n) is 20.2. The van der Waals surface area contributed by atoms with Crippen LogP contribution < -0.4 is 4.74 Å². The van der Waals surface area contributed by atoms with Crippen molar-refractivity contribution in [2.24, 2.45) is 0 Å². The van der Waals surface area contributed by atoms with Crippen LogP contribution in [0.4, 0.5) is 0 Å². The van der Waals surface area contributed by atoms with E-state index in [4.69, 9.17) is 14.5 Å². The Hall–Kier alpha value is -2.75. The highest BCUT2D eigenvalue weighted by atomic mass is 16.5. The molecule has 3 aromatic rings. The molecule has 3 aliphatic rings. The maximum absolute atomic E-state index is 6.09. The summed E-state index contributed by atoms with van der Waals surface area (Å²) in [7, 11) is 0. The quantitative estimate of drug-likeness (QED) is 0.576. The molecule has 3 aliphatic heterocycles. The maximum Gasteiger partial charge on any atom is 0.178 e. The van der Waals surface area contributed by atoms with Gasteiger partial charge in [0.25, 0.3) is 0 Å². The second-order valence-corrected chi connectivity index (χ2v) is 9.80. The van der Waals surface area contributed by atoms with E-state index < -0.39 is 0 Å². The minimum absolute atomic E-state index is 0.222. The fourth-order valence-electron chi connectivity index (χ4n) is 5.27. The molecular formula is C25H33N7O2. The van der Waals surface area contributed by atoms with E-state index in [1.54, 1.807) is 6.33 Å². The largest absolute Gasteiger partial charge is 0.491 e. The van der Waals surface area contributed by atoms with E-state index in [1.807, 2.05) is 4.68 Å². The molecule has 9 heteroatoms. The third-order valence-electron chi connectivity index (χ3n) is 7.38. The molecule has 0 radical (unpaired) electrons. The molecular weight excluding hydrogens is 430 g/mol. The molecule has 0 unspecified atom stereocenters. The van der Waals surface area contributed by atoms with Crippen molar-refractivity contribution in [2.75, 3.05) is 46.0 Å². The Morgan fingerprint density at radius 3 is 2.62 bits per heavy atom. The summed E-state index contributed by atoms with van der Waals surface area (Å²) in [6.45, 7) is 13.9. The highest BCUT2D eigenvalue weighted by molar-refractivity contribution is 5.69. The van der Waals surface area contributed by atoms with Crippen LogP contribution in [0.1, 0.15) is 38.4 Å². The van der Waals surface area contributed by atoms with Gasteiger partial charge in [-0.2, -0.15) is 5.10 Å². The van der Waals surface area contributed by atoms with Crippen LogP contribution in [-0.4, -0.2) is 86.2 Å². The number of morpholine rings is 1. The third-order valence-corrected chi connectivity index (χ3v) is 7.38. The molecule has 5 heterocycles. The van der Waals surface area contributed by atoms with Crippen LogP contribution in [0.2, 0.25) is 0 Å². The lowest BCUT2D eigenvalue weighted by molar-refractivity contribution is -0.0434. The van der Waals surface area contributed by atoms with Crippen molar-refractivity contribution in [1.82, 2.24) is 34.1 Å². The normalized spacial score (nSPS) is 20.4. The van der Waals surface area contributed by atoms with Gasteiger partial charge in [0.15, 0.2) is 5.82 Å². The first-order chi connectivity index (χ1) is 16.6. The number of fused-ring (bicyclic) bond motifs is 3. The van der Waals surface area contributed by atoms with E-state index in [2.05, 4.69) is 69.6 Å². The molecule has 0 aliphatic carbocycles. The number of hydrogen-bond acceptors (Lipinski definition) is 7. The smallest absolute Gasteiger partial charge is 0.178 e. The van der Waals surface area contributed by atoms with E-state index in [-0.39, 0.29) is 6.04 Å². The zero-order valence-corrected chi connectivity index (χ0v) is 20.2. The Labute approximate surface area is 200 Å². The second kappa shape index (κ2) is 8.79. The molecule has 9 nitrogen and oxygen atoms in total. The van der Waals surface area contributed by atoms with E-state index >= 15 is 0 Å². The van der Waals surface area contributed by atoms with Gasteiger partial charge in [-0.15, -0.1) is 0 Å². The average molecular weight is 464 g/mol. The highest BCUT2D eigenvalue weighted by Crippen LogP contribution is 2.37. The van der Waals surface area contributed by atoms with Gasteiger partial charge in [-0.05, 0) is 38.5 Å². The Morgan fingerprint density at radius 2 is 1.82 bits per heavy atom. The minimum Gasteiger partial charge on any atom is -0.491 e. The van der Waals surface area contributed by atoms with Gasteiger partial charge in [0, 0.05) is 50.5 Å². The Morgan fingerprint density at radius 1 is 1.00 bits per heavy atom. The van der Waals surface area contributed by atoms with Crippen molar-refractivity contribution in [1.29, 1.82) is 0 Å². The lowest BCUT2D eigenvalue weighted by atomic mass is 9.97. The molecule has 2 aromatic heterocycles. The number of rotatable bonds is 5. The fraction of sp³-hybridized carbons (Fsp3) is 0.560. The van der Waals surface area contributed by atoms with E-state index in [0.29, 0.717) is 18.7 Å². The molecule has 2 saturated heterocycles. The summed E-state index contributed by atoms with van der Waals surface area (Å²) in [5.74, 6) is 2.63. The number of likely N-dealkylation sites (tertiary alicyclic amines) is 1. The van der Waals surface area contributed by atoms with Crippen molar-refractivity contribution in [3.63, 3.8) is 0 Å². The van der Waals surface area contributed by atoms with Gasteiger partial charge in [-0.25, -0.2) is 14.6 Å². The Bertz CT molecular complexity index is 1160.